The van der Waals surface area contributed by atoms with Crippen molar-refractivity contribution in [3.63, 3.8) is 0 Å². The van der Waals surface area contributed by atoms with Crippen LogP contribution in [0.15, 0.2) is 12.1 Å². The molecule has 0 amide bonds. The molecule has 0 aliphatic heterocycles. The molecule has 68 valence electrons. The molecule has 1 N–H and O–H groups in total. The molecule has 0 saturated carbocycles. The van der Waals surface area contributed by atoms with Gasteiger partial charge in [0.25, 0.3) is 0 Å². The molecule has 13 heavy (non-hydrogen) atoms. The first-order chi connectivity index (χ1) is 6.20. The molecule has 2 nitrogen and oxygen atoms in total. The lowest BCUT2D eigenvalue weighted by Gasteiger charge is -1.99. The zero-order chi connectivity index (χ0) is 9.42. The number of rotatable bonds is 1. The highest BCUT2D eigenvalue weighted by atomic mass is 32.1. The molecule has 0 aliphatic carbocycles. The summed E-state index contributed by atoms with van der Waals surface area (Å²) in [6.07, 6.45) is 0. The van der Waals surface area contributed by atoms with Crippen LogP contribution in [0.1, 0.15) is 16.1 Å². The molecule has 1 aromatic carbocycles. The van der Waals surface area contributed by atoms with Gasteiger partial charge >= 0.3 is 0 Å². The van der Waals surface area contributed by atoms with E-state index < -0.39 is 0 Å². The molecule has 0 bridgehead atoms. The lowest BCUT2D eigenvalue weighted by atomic mass is 10.1. The minimum Gasteiger partial charge on any atom is -0.392 e. The zero-order valence-corrected chi connectivity index (χ0v) is 8.48. The summed E-state index contributed by atoms with van der Waals surface area (Å²) in [6.45, 7) is 4.09. The summed E-state index contributed by atoms with van der Waals surface area (Å²) in [7, 11) is 0. The maximum atomic E-state index is 9.13. The van der Waals surface area contributed by atoms with Gasteiger partial charge in [-0.25, -0.2) is 4.98 Å². The van der Waals surface area contributed by atoms with Gasteiger partial charge < -0.3 is 5.11 Å². The third-order valence-electron chi connectivity index (χ3n) is 2.00. The number of aliphatic hydroxyl groups is 1. The standard InChI is InChI=1S/C10H11NOS/c1-6-3-8(5-12)10-9(4-6)13-7(2)11-10/h3-4,12H,5H2,1-2H3. The van der Waals surface area contributed by atoms with Crippen molar-refractivity contribution in [2.45, 2.75) is 20.5 Å². The van der Waals surface area contributed by atoms with Crippen molar-refractivity contribution >= 4 is 21.6 Å². The molecular formula is C10H11NOS. The second kappa shape index (κ2) is 3.09. The predicted octanol–water partition coefficient (Wildman–Crippen LogP) is 2.41. The Kier molecular flexibility index (Phi) is 2.06. The van der Waals surface area contributed by atoms with Gasteiger partial charge in [0.15, 0.2) is 0 Å². The second-order valence-electron chi connectivity index (χ2n) is 3.16. The van der Waals surface area contributed by atoms with Gasteiger partial charge in [0.05, 0.1) is 21.8 Å². The van der Waals surface area contributed by atoms with E-state index in [2.05, 4.69) is 11.1 Å². The number of thiazole rings is 1. The number of benzene rings is 1. The lowest BCUT2D eigenvalue weighted by molar-refractivity contribution is 0.283. The van der Waals surface area contributed by atoms with Crippen LogP contribution in [-0.2, 0) is 6.61 Å². The molecule has 1 heterocycles. The van der Waals surface area contributed by atoms with Gasteiger partial charge in [-0.3, -0.25) is 0 Å². The number of hydrogen-bond acceptors (Lipinski definition) is 3. The van der Waals surface area contributed by atoms with E-state index >= 15 is 0 Å². The monoisotopic (exact) mass is 193 g/mol. The van der Waals surface area contributed by atoms with Crippen LogP contribution in [-0.4, -0.2) is 10.1 Å². The average molecular weight is 193 g/mol. The molecule has 0 spiro atoms. The number of aromatic nitrogens is 1. The SMILES string of the molecule is Cc1cc(CO)c2nc(C)sc2c1. The molecule has 3 heteroatoms. The maximum absolute atomic E-state index is 9.13. The van der Waals surface area contributed by atoms with Crippen molar-refractivity contribution < 1.29 is 5.11 Å². The summed E-state index contributed by atoms with van der Waals surface area (Å²) in [5.41, 5.74) is 3.06. The fraction of sp³-hybridized carbons (Fsp3) is 0.300. The van der Waals surface area contributed by atoms with E-state index in [1.807, 2.05) is 19.9 Å². The van der Waals surface area contributed by atoms with E-state index in [0.29, 0.717) is 0 Å². The van der Waals surface area contributed by atoms with Crippen molar-refractivity contribution in [3.05, 3.63) is 28.3 Å². The van der Waals surface area contributed by atoms with Crippen molar-refractivity contribution in [1.29, 1.82) is 0 Å². The second-order valence-corrected chi connectivity index (χ2v) is 4.40. The molecule has 0 radical (unpaired) electrons. The number of hydrogen-bond donors (Lipinski definition) is 1. The third kappa shape index (κ3) is 1.45. The largest absolute Gasteiger partial charge is 0.392 e. The van der Waals surface area contributed by atoms with Gasteiger partial charge in [0.2, 0.25) is 0 Å². The Bertz CT molecular complexity index is 447. The van der Waals surface area contributed by atoms with Crippen LogP contribution < -0.4 is 0 Å². The number of aryl methyl sites for hydroxylation is 2. The van der Waals surface area contributed by atoms with Crippen LogP contribution in [0, 0.1) is 13.8 Å². The first kappa shape index (κ1) is 8.66. The summed E-state index contributed by atoms with van der Waals surface area (Å²) in [5, 5.41) is 10.2. The minimum absolute atomic E-state index is 0.0708. The normalized spacial score (nSPS) is 11.0. The predicted molar refractivity (Wildman–Crippen MR) is 55.0 cm³/mol. The average Bonchev–Trinajstić information content (AvgIpc) is 2.43. The van der Waals surface area contributed by atoms with Gasteiger partial charge in [-0.15, -0.1) is 11.3 Å². The quantitative estimate of drug-likeness (QED) is 0.754. The molecule has 0 atom stereocenters. The summed E-state index contributed by atoms with van der Waals surface area (Å²) >= 11 is 1.67. The van der Waals surface area contributed by atoms with E-state index in [1.54, 1.807) is 11.3 Å². The molecule has 2 aromatic rings. The van der Waals surface area contributed by atoms with Crippen LogP contribution in [0.3, 0.4) is 0 Å². The fourth-order valence-corrected chi connectivity index (χ4v) is 2.46. The van der Waals surface area contributed by atoms with Gasteiger partial charge in [0.1, 0.15) is 0 Å². The maximum Gasteiger partial charge on any atom is 0.0907 e. The first-order valence-corrected chi connectivity index (χ1v) is 5.00. The number of fused-ring (bicyclic) bond motifs is 1. The van der Waals surface area contributed by atoms with E-state index in [0.717, 1.165) is 16.1 Å². The Morgan fingerprint density at radius 1 is 1.38 bits per heavy atom. The van der Waals surface area contributed by atoms with Crippen LogP contribution in [0.4, 0.5) is 0 Å². The summed E-state index contributed by atoms with van der Waals surface area (Å²) in [6, 6.07) is 4.10. The van der Waals surface area contributed by atoms with Crippen LogP contribution in [0.25, 0.3) is 10.2 Å². The number of aliphatic hydroxyl groups excluding tert-OH is 1. The number of nitrogens with zero attached hydrogens (tertiary/aromatic N) is 1. The minimum atomic E-state index is 0.0708. The van der Waals surface area contributed by atoms with Crippen LogP contribution in [0.2, 0.25) is 0 Å². The van der Waals surface area contributed by atoms with Crippen LogP contribution >= 0.6 is 11.3 Å². The Balaban J connectivity index is 2.80. The van der Waals surface area contributed by atoms with Crippen molar-refractivity contribution in [2.75, 3.05) is 0 Å². The first-order valence-electron chi connectivity index (χ1n) is 4.18. The molecule has 0 saturated heterocycles. The molecule has 2 rings (SSSR count). The van der Waals surface area contributed by atoms with E-state index in [1.165, 1.54) is 10.3 Å². The van der Waals surface area contributed by atoms with Gasteiger partial charge in [-0.1, -0.05) is 6.07 Å². The highest BCUT2D eigenvalue weighted by molar-refractivity contribution is 7.18. The highest BCUT2D eigenvalue weighted by Crippen LogP contribution is 2.26. The summed E-state index contributed by atoms with van der Waals surface area (Å²) in [5.74, 6) is 0. The van der Waals surface area contributed by atoms with Crippen LogP contribution in [0.5, 0.6) is 0 Å². The van der Waals surface area contributed by atoms with Gasteiger partial charge in [-0.2, -0.15) is 0 Å². The Hall–Kier alpha value is -0.930. The Morgan fingerprint density at radius 3 is 2.85 bits per heavy atom. The lowest BCUT2D eigenvalue weighted by Crippen LogP contribution is -1.86. The fourth-order valence-electron chi connectivity index (χ4n) is 1.48. The van der Waals surface area contributed by atoms with Crippen molar-refractivity contribution in [1.82, 2.24) is 4.98 Å². The van der Waals surface area contributed by atoms with E-state index in [-0.39, 0.29) is 6.61 Å². The Morgan fingerprint density at radius 2 is 2.15 bits per heavy atom. The van der Waals surface area contributed by atoms with E-state index in [4.69, 9.17) is 5.11 Å². The summed E-state index contributed by atoms with van der Waals surface area (Å²) < 4.78 is 1.17. The van der Waals surface area contributed by atoms with Gasteiger partial charge in [0, 0.05) is 5.56 Å². The molecular weight excluding hydrogens is 182 g/mol. The van der Waals surface area contributed by atoms with Crippen molar-refractivity contribution in [2.24, 2.45) is 0 Å². The summed E-state index contributed by atoms with van der Waals surface area (Å²) in [4.78, 5) is 4.38. The highest BCUT2D eigenvalue weighted by Gasteiger charge is 2.05. The molecule has 0 fully saturated rings. The molecule has 0 aliphatic rings. The Labute approximate surface area is 80.9 Å². The third-order valence-corrected chi connectivity index (χ3v) is 2.91. The van der Waals surface area contributed by atoms with E-state index in [9.17, 15) is 0 Å². The smallest absolute Gasteiger partial charge is 0.0907 e. The van der Waals surface area contributed by atoms with Crippen molar-refractivity contribution in [3.8, 4) is 0 Å². The molecule has 0 unspecified atom stereocenters. The van der Waals surface area contributed by atoms with Gasteiger partial charge in [-0.05, 0) is 25.5 Å². The topological polar surface area (TPSA) is 33.1 Å². The zero-order valence-electron chi connectivity index (χ0n) is 7.66. The molecule has 1 aromatic heterocycles.